The minimum Gasteiger partial charge on any atom is -0.480 e. The van der Waals surface area contributed by atoms with E-state index < -0.39 is 5.97 Å². The van der Waals surface area contributed by atoms with Gasteiger partial charge in [0.2, 0.25) is 0 Å². The van der Waals surface area contributed by atoms with Crippen LogP contribution in [0.3, 0.4) is 0 Å². The van der Waals surface area contributed by atoms with Crippen LogP contribution in [0.1, 0.15) is 27.7 Å². The Labute approximate surface area is 79.8 Å². The molecule has 4 nitrogen and oxygen atoms in total. The molecule has 0 saturated heterocycles. The van der Waals surface area contributed by atoms with Crippen LogP contribution >= 0.6 is 0 Å². The van der Waals surface area contributed by atoms with Crippen molar-refractivity contribution in [3.05, 3.63) is 0 Å². The number of aliphatic carboxylic acids is 1. The third-order valence-electron chi connectivity index (χ3n) is 0.948. The van der Waals surface area contributed by atoms with Crippen molar-refractivity contribution < 1.29 is 19.4 Å². The average molecular weight is 192 g/mol. The molecule has 0 aromatic carbocycles. The SMILES string of the molecule is CC(C)OCC(=O)O.CCOCC. The normalized spacial score (nSPS) is 9.31. The lowest BCUT2D eigenvalue weighted by molar-refractivity contribution is -0.143. The number of carboxylic acid groups (broad SMARTS) is 1. The second-order valence-electron chi connectivity index (χ2n) is 2.53. The van der Waals surface area contributed by atoms with E-state index in [1.54, 1.807) is 13.8 Å². The summed E-state index contributed by atoms with van der Waals surface area (Å²) in [7, 11) is 0. The van der Waals surface area contributed by atoms with Gasteiger partial charge in [0.15, 0.2) is 0 Å². The average Bonchev–Trinajstić information content (AvgIpc) is 2.03. The first-order valence-electron chi connectivity index (χ1n) is 4.45. The summed E-state index contributed by atoms with van der Waals surface area (Å²) >= 11 is 0. The lowest BCUT2D eigenvalue weighted by Gasteiger charge is -2.01. The first-order valence-corrected chi connectivity index (χ1v) is 4.45. The molecule has 1 N–H and O–H groups in total. The van der Waals surface area contributed by atoms with Gasteiger partial charge in [0, 0.05) is 13.2 Å². The van der Waals surface area contributed by atoms with Gasteiger partial charge in [0.25, 0.3) is 0 Å². The van der Waals surface area contributed by atoms with Crippen molar-refractivity contribution in [1.29, 1.82) is 0 Å². The minimum absolute atomic E-state index is 0.00565. The van der Waals surface area contributed by atoms with Crippen LogP contribution in [0.5, 0.6) is 0 Å². The molecular weight excluding hydrogens is 172 g/mol. The molecule has 0 radical (unpaired) electrons. The molecule has 0 rings (SSSR count). The van der Waals surface area contributed by atoms with Crippen molar-refractivity contribution in [2.24, 2.45) is 0 Å². The van der Waals surface area contributed by atoms with Crippen molar-refractivity contribution in [2.75, 3.05) is 19.8 Å². The number of carbonyl (C=O) groups is 1. The Balaban J connectivity index is 0. The topological polar surface area (TPSA) is 55.8 Å². The molecule has 0 bridgehead atoms. The number of hydrogen-bond donors (Lipinski definition) is 1. The molecule has 0 aromatic rings. The lowest BCUT2D eigenvalue weighted by Crippen LogP contribution is -2.11. The molecule has 0 atom stereocenters. The van der Waals surface area contributed by atoms with Crippen LogP contribution in [0.25, 0.3) is 0 Å². The maximum atomic E-state index is 9.78. The standard InChI is InChI=1S/C5H10O3.C4H10O/c1-4(2)8-3-5(6)7;1-3-5-4-2/h4H,3H2,1-2H3,(H,6,7);3-4H2,1-2H3. The summed E-state index contributed by atoms with van der Waals surface area (Å²) in [6.07, 6.45) is 0.00565. The van der Waals surface area contributed by atoms with Gasteiger partial charge < -0.3 is 14.6 Å². The van der Waals surface area contributed by atoms with Crippen LogP contribution in [-0.4, -0.2) is 37.0 Å². The lowest BCUT2D eigenvalue weighted by atomic mass is 10.5. The zero-order valence-corrected chi connectivity index (χ0v) is 8.87. The van der Waals surface area contributed by atoms with Crippen molar-refractivity contribution in [1.82, 2.24) is 0 Å². The highest BCUT2D eigenvalue weighted by Gasteiger charge is 1.97. The van der Waals surface area contributed by atoms with Crippen LogP contribution in [0, 0.1) is 0 Å². The molecule has 0 amide bonds. The molecule has 0 fully saturated rings. The fourth-order valence-electron chi connectivity index (χ4n) is 0.442. The molecular formula is C9H20O4. The number of rotatable bonds is 5. The molecule has 0 aromatic heterocycles. The van der Waals surface area contributed by atoms with Gasteiger partial charge in [-0.2, -0.15) is 0 Å². The Hall–Kier alpha value is -0.610. The van der Waals surface area contributed by atoms with Gasteiger partial charge in [-0.3, -0.25) is 0 Å². The van der Waals surface area contributed by atoms with Crippen molar-refractivity contribution >= 4 is 5.97 Å². The van der Waals surface area contributed by atoms with Crippen LogP contribution < -0.4 is 0 Å². The van der Waals surface area contributed by atoms with Gasteiger partial charge in [-0.25, -0.2) is 4.79 Å². The Morgan fingerprint density at radius 3 is 1.85 bits per heavy atom. The molecule has 0 saturated carbocycles. The largest absolute Gasteiger partial charge is 0.480 e. The zero-order valence-electron chi connectivity index (χ0n) is 8.87. The maximum absolute atomic E-state index is 9.78. The zero-order chi connectivity index (χ0) is 10.7. The fraction of sp³-hybridized carbons (Fsp3) is 0.889. The molecule has 0 aliphatic heterocycles. The third-order valence-corrected chi connectivity index (χ3v) is 0.948. The van der Waals surface area contributed by atoms with E-state index in [-0.39, 0.29) is 12.7 Å². The van der Waals surface area contributed by atoms with E-state index in [1.807, 2.05) is 13.8 Å². The third kappa shape index (κ3) is 24.6. The number of ether oxygens (including phenoxy) is 2. The van der Waals surface area contributed by atoms with E-state index in [9.17, 15) is 4.79 Å². The van der Waals surface area contributed by atoms with Gasteiger partial charge >= 0.3 is 5.97 Å². The summed E-state index contributed by atoms with van der Waals surface area (Å²) in [6.45, 7) is 9.06. The summed E-state index contributed by atoms with van der Waals surface area (Å²) < 4.78 is 9.54. The second kappa shape index (κ2) is 11.4. The van der Waals surface area contributed by atoms with Gasteiger partial charge in [0.05, 0.1) is 6.10 Å². The molecule has 4 heteroatoms. The molecule has 13 heavy (non-hydrogen) atoms. The van der Waals surface area contributed by atoms with Crippen LogP contribution in [-0.2, 0) is 14.3 Å². The minimum atomic E-state index is -0.918. The van der Waals surface area contributed by atoms with E-state index >= 15 is 0 Å². The molecule has 0 heterocycles. The fourth-order valence-corrected chi connectivity index (χ4v) is 0.442. The Morgan fingerprint density at radius 2 is 1.77 bits per heavy atom. The van der Waals surface area contributed by atoms with Crippen LogP contribution in [0.4, 0.5) is 0 Å². The first-order chi connectivity index (χ1) is 6.04. The summed E-state index contributed by atoms with van der Waals surface area (Å²) in [4.78, 5) is 9.78. The van der Waals surface area contributed by atoms with Gasteiger partial charge in [-0.15, -0.1) is 0 Å². The summed E-state index contributed by atoms with van der Waals surface area (Å²) in [5, 5.41) is 8.04. The Kier molecular flexibility index (Phi) is 13.0. The van der Waals surface area contributed by atoms with Crippen LogP contribution in [0.15, 0.2) is 0 Å². The predicted molar refractivity (Wildman–Crippen MR) is 50.9 cm³/mol. The van der Waals surface area contributed by atoms with Crippen molar-refractivity contribution in [3.63, 3.8) is 0 Å². The smallest absolute Gasteiger partial charge is 0.329 e. The summed E-state index contributed by atoms with van der Waals surface area (Å²) in [5.74, 6) is -0.918. The monoisotopic (exact) mass is 192 g/mol. The quantitative estimate of drug-likeness (QED) is 0.717. The van der Waals surface area contributed by atoms with Gasteiger partial charge in [0.1, 0.15) is 6.61 Å². The highest BCUT2D eigenvalue weighted by atomic mass is 16.5. The molecule has 0 aliphatic carbocycles. The van der Waals surface area contributed by atoms with Gasteiger partial charge in [-0.05, 0) is 27.7 Å². The second-order valence-corrected chi connectivity index (χ2v) is 2.53. The highest BCUT2D eigenvalue weighted by molar-refractivity contribution is 5.67. The Bertz CT molecular complexity index is 110. The summed E-state index contributed by atoms with van der Waals surface area (Å²) in [6, 6.07) is 0. The van der Waals surface area contributed by atoms with E-state index in [2.05, 4.69) is 0 Å². The maximum Gasteiger partial charge on any atom is 0.329 e. The Morgan fingerprint density at radius 1 is 1.31 bits per heavy atom. The van der Waals surface area contributed by atoms with Gasteiger partial charge in [-0.1, -0.05) is 0 Å². The van der Waals surface area contributed by atoms with E-state index in [4.69, 9.17) is 14.6 Å². The van der Waals surface area contributed by atoms with E-state index in [1.165, 1.54) is 0 Å². The highest BCUT2D eigenvalue weighted by Crippen LogP contribution is 1.84. The van der Waals surface area contributed by atoms with E-state index in [0.29, 0.717) is 0 Å². The van der Waals surface area contributed by atoms with Crippen molar-refractivity contribution in [3.8, 4) is 0 Å². The molecule has 0 spiro atoms. The predicted octanol–water partition coefficient (Wildman–Crippen LogP) is 1.54. The number of carboxylic acids is 1. The molecule has 0 unspecified atom stereocenters. The summed E-state index contributed by atoms with van der Waals surface area (Å²) in [5.41, 5.74) is 0. The number of hydrogen-bond acceptors (Lipinski definition) is 3. The van der Waals surface area contributed by atoms with E-state index in [0.717, 1.165) is 13.2 Å². The van der Waals surface area contributed by atoms with Crippen molar-refractivity contribution in [2.45, 2.75) is 33.8 Å². The first kappa shape index (κ1) is 14.9. The molecule has 0 aliphatic rings. The molecule has 80 valence electrons. The van der Waals surface area contributed by atoms with Crippen LogP contribution in [0.2, 0.25) is 0 Å².